The maximum atomic E-state index is 13.9. The molecule has 2 rings (SSSR count). The van der Waals surface area contributed by atoms with E-state index in [1.165, 1.54) is 6.07 Å². The molecule has 0 saturated carbocycles. The average Bonchev–Trinajstić information content (AvgIpc) is 2.65. The van der Waals surface area contributed by atoms with Crippen molar-refractivity contribution in [2.45, 2.75) is 39.8 Å². The fourth-order valence-corrected chi connectivity index (χ4v) is 3.04. The Labute approximate surface area is 169 Å². The first-order valence-corrected chi connectivity index (χ1v) is 9.35. The largest absolute Gasteiger partial charge is 0.496 e. The van der Waals surface area contributed by atoms with Crippen LogP contribution in [0.25, 0.3) is 0 Å². The summed E-state index contributed by atoms with van der Waals surface area (Å²) in [4.78, 5) is 25.3. The van der Waals surface area contributed by atoms with E-state index in [2.05, 4.69) is 10.6 Å². The second-order valence-electron chi connectivity index (χ2n) is 7.27. The van der Waals surface area contributed by atoms with Crippen LogP contribution in [0.2, 0.25) is 0 Å². The van der Waals surface area contributed by atoms with Gasteiger partial charge in [-0.2, -0.15) is 0 Å². The molecule has 2 aromatic carbocycles. The molecule has 0 fully saturated rings. The Balaban J connectivity index is 2.20. The molecule has 0 heterocycles. The van der Waals surface area contributed by atoms with Gasteiger partial charge in [-0.3, -0.25) is 9.59 Å². The third-order valence-electron chi connectivity index (χ3n) is 4.64. The molecule has 29 heavy (non-hydrogen) atoms. The highest BCUT2D eigenvalue weighted by molar-refractivity contribution is 5.98. The van der Waals surface area contributed by atoms with Crippen molar-refractivity contribution in [1.29, 1.82) is 0 Å². The molecular weight excluding hydrogens is 378 g/mol. The normalized spacial score (nSPS) is 13.0. The Kier molecular flexibility index (Phi) is 7.31. The highest BCUT2D eigenvalue weighted by atomic mass is 19.1. The number of aryl methyl sites for hydroxylation is 1. The Hall–Kier alpha value is -2.96. The Morgan fingerprint density at radius 2 is 1.62 bits per heavy atom. The number of methoxy groups -OCH3 is 1. The zero-order valence-corrected chi connectivity index (χ0v) is 17.2. The Bertz CT molecular complexity index is 879. The van der Waals surface area contributed by atoms with Crippen molar-refractivity contribution >= 4 is 11.8 Å². The average molecular weight is 404 g/mol. The summed E-state index contributed by atoms with van der Waals surface area (Å²) in [5, 5.41) is 5.29. The highest BCUT2D eigenvalue weighted by Crippen LogP contribution is 2.26. The first-order chi connectivity index (χ1) is 13.6. The van der Waals surface area contributed by atoms with E-state index in [1.807, 2.05) is 25.1 Å². The highest BCUT2D eigenvalue weighted by Gasteiger charge is 2.28. The van der Waals surface area contributed by atoms with Gasteiger partial charge in [-0.25, -0.2) is 8.78 Å². The molecule has 2 amide bonds. The third kappa shape index (κ3) is 5.31. The number of benzene rings is 2. The molecule has 2 N–H and O–H groups in total. The fourth-order valence-electron chi connectivity index (χ4n) is 3.04. The molecule has 0 bridgehead atoms. The van der Waals surface area contributed by atoms with Crippen molar-refractivity contribution in [3.8, 4) is 5.75 Å². The molecule has 0 spiro atoms. The minimum Gasteiger partial charge on any atom is -0.496 e. The van der Waals surface area contributed by atoms with Crippen LogP contribution in [0.3, 0.4) is 0 Å². The molecule has 0 unspecified atom stereocenters. The smallest absolute Gasteiger partial charge is 0.257 e. The first-order valence-electron chi connectivity index (χ1n) is 9.35. The quantitative estimate of drug-likeness (QED) is 0.735. The van der Waals surface area contributed by atoms with Gasteiger partial charge in [0, 0.05) is 5.56 Å². The van der Waals surface area contributed by atoms with Gasteiger partial charge in [-0.1, -0.05) is 37.6 Å². The summed E-state index contributed by atoms with van der Waals surface area (Å²) >= 11 is 0. The molecule has 2 atom stereocenters. The van der Waals surface area contributed by atoms with Gasteiger partial charge in [-0.15, -0.1) is 0 Å². The number of carbonyl (C=O) groups excluding carboxylic acids is 2. The van der Waals surface area contributed by atoms with Gasteiger partial charge >= 0.3 is 0 Å². The van der Waals surface area contributed by atoms with Gasteiger partial charge in [0.1, 0.15) is 29.0 Å². The van der Waals surface area contributed by atoms with Crippen LogP contribution in [0.4, 0.5) is 8.78 Å². The van der Waals surface area contributed by atoms with Crippen molar-refractivity contribution in [3.05, 3.63) is 64.7 Å². The molecule has 7 heteroatoms. The lowest BCUT2D eigenvalue weighted by Gasteiger charge is -2.25. The maximum Gasteiger partial charge on any atom is 0.257 e. The van der Waals surface area contributed by atoms with E-state index in [4.69, 9.17) is 4.74 Å². The zero-order valence-electron chi connectivity index (χ0n) is 17.2. The Morgan fingerprint density at radius 1 is 1.00 bits per heavy atom. The fraction of sp³-hybridized carbons (Fsp3) is 0.364. The van der Waals surface area contributed by atoms with Crippen molar-refractivity contribution in [1.82, 2.24) is 10.6 Å². The number of nitrogens with one attached hydrogen (secondary N) is 2. The molecule has 156 valence electrons. The minimum absolute atomic E-state index is 0.305. The summed E-state index contributed by atoms with van der Waals surface area (Å²) in [6.07, 6.45) is 0. The molecule has 0 aliphatic carbocycles. The summed E-state index contributed by atoms with van der Waals surface area (Å²) < 4.78 is 33.1. The number of hydrogen-bond acceptors (Lipinski definition) is 3. The van der Waals surface area contributed by atoms with Crippen molar-refractivity contribution < 1.29 is 23.1 Å². The lowest BCUT2D eigenvalue weighted by molar-refractivity contribution is -0.124. The minimum atomic E-state index is -0.983. The summed E-state index contributed by atoms with van der Waals surface area (Å²) in [6.45, 7) is 7.20. The number of hydrogen-bond donors (Lipinski definition) is 2. The number of rotatable bonds is 7. The molecule has 5 nitrogen and oxygen atoms in total. The summed E-state index contributed by atoms with van der Waals surface area (Å²) in [6, 6.07) is 7.41. The second-order valence-corrected chi connectivity index (χ2v) is 7.27. The number of amides is 2. The molecule has 0 saturated heterocycles. The molecule has 0 aliphatic heterocycles. The van der Waals surface area contributed by atoms with Gasteiger partial charge in [-0.05, 0) is 38.0 Å². The standard InChI is InChI=1S/C22H26F2N2O3/c1-12(2)20(26-21(27)19-16(23)7-6-8-17(19)24)22(28)25-14(4)15-11-13(3)9-10-18(15)29-5/h6-12,14,20H,1-5H3,(H,25,28)(H,26,27)/t14-,20+/m0/s1. The SMILES string of the molecule is COc1ccc(C)cc1[C@H](C)NC(=O)[C@H](NC(=O)c1c(F)cccc1F)C(C)C. The number of carbonyl (C=O) groups is 2. The maximum absolute atomic E-state index is 13.9. The van der Waals surface area contributed by atoms with Crippen molar-refractivity contribution in [2.24, 2.45) is 5.92 Å². The lowest BCUT2D eigenvalue weighted by Crippen LogP contribution is -2.50. The third-order valence-corrected chi connectivity index (χ3v) is 4.64. The molecular formula is C22H26F2N2O3. The summed E-state index contributed by atoms with van der Waals surface area (Å²) in [5.74, 6) is -3.08. The van der Waals surface area contributed by atoms with Crippen LogP contribution in [-0.4, -0.2) is 25.0 Å². The van der Waals surface area contributed by atoms with E-state index >= 15 is 0 Å². The summed E-state index contributed by atoms with van der Waals surface area (Å²) in [7, 11) is 1.54. The predicted molar refractivity (Wildman–Crippen MR) is 107 cm³/mol. The summed E-state index contributed by atoms with van der Waals surface area (Å²) in [5.41, 5.74) is 1.08. The Morgan fingerprint density at radius 3 is 2.17 bits per heavy atom. The molecule has 2 aromatic rings. The van der Waals surface area contributed by atoms with Crippen molar-refractivity contribution in [2.75, 3.05) is 7.11 Å². The van der Waals surface area contributed by atoms with E-state index in [0.717, 1.165) is 23.3 Å². The first kappa shape index (κ1) is 22.3. The predicted octanol–water partition coefficient (Wildman–Crippen LogP) is 3.91. The zero-order chi connectivity index (χ0) is 21.7. The van der Waals surface area contributed by atoms with Crippen LogP contribution in [0.15, 0.2) is 36.4 Å². The van der Waals surface area contributed by atoms with Crippen LogP contribution in [0, 0.1) is 24.5 Å². The van der Waals surface area contributed by atoms with Gasteiger partial charge in [0.05, 0.1) is 13.2 Å². The van der Waals surface area contributed by atoms with Gasteiger partial charge < -0.3 is 15.4 Å². The monoisotopic (exact) mass is 404 g/mol. The molecule has 0 aliphatic rings. The van der Waals surface area contributed by atoms with Crippen LogP contribution in [-0.2, 0) is 4.79 Å². The van der Waals surface area contributed by atoms with E-state index in [-0.39, 0.29) is 5.92 Å². The number of halogens is 2. The van der Waals surface area contributed by atoms with Crippen LogP contribution in [0.5, 0.6) is 5.75 Å². The lowest BCUT2D eigenvalue weighted by atomic mass is 10.00. The van der Waals surface area contributed by atoms with Gasteiger partial charge in [0.2, 0.25) is 5.91 Å². The van der Waals surface area contributed by atoms with Gasteiger partial charge in [0.25, 0.3) is 5.91 Å². The van der Waals surface area contributed by atoms with E-state index in [9.17, 15) is 18.4 Å². The van der Waals surface area contributed by atoms with Gasteiger partial charge in [0.15, 0.2) is 0 Å². The van der Waals surface area contributed by atoms with E-state index in [0.29, 0.717) is 5.75 Å². The van der Waals surface area contributed by atoms with E-state index < -0.39 is 41.1 Å². The number of ether oxygens (including phenoxy) is 1. The van der Waals surface area contributed by atoms with Crippen LogP contribution >= 0.6 is 0 Å². The van der Waals surface area contributed by atoms with E-state index in [1.54, 1.807) is 27.9 Å². The second kappa shape index (κ2) is 9.49. The van der Waals surface area contributed by atoms with Crippen LogP contribution in [0.1, 0.15) is 48.3 Å². The van der Waals surface area contributed by atoms with Crippen LogP contribution < -0.4 is 15.4 Å². The van der Waals surface area contributed by atoms with Crippen molar-refractivity contribution in [3.63, 3.8) is 0 Å². The molecule has 0 aromatic heterocycles. The molecule has 0 radical (unpaired) electrons. The topological polar surface area (TPSA) is 67.4 Å².